The summed E-state index contributed by atoms with van der Waals surface area (Å²) in [7, 11) is 0. The van der Waals surface area contributed by atoms with Crippen LogP contribution in [0.4, 0.5) is 0 Å². The zero-order chi connectivity index (χ0) is 18.0. The molecule has 0 bridgehead atoms. The van der Waals surface area contributed by atoms with Gasteiger partial charge >= 0.3 is 0 Å². The minimum absolute atomic E-state index is 0.125. The van der Waals surface area contributed by atoms with Gasteiger partial charge in [-0.25, -0.2) is 0 Å². The molecule has 0 aliphatic carbocycles. The number of hydrogen-bond acceptors (Lipinski definition) is 4. The third kappa shape index (κ3) is 3.52. The summed E-state index contributed by atoms with van der Waals surface area (Å²) in [5.74, 6) is 0.640. The van der Waals surface area contributed by atoms with Crippen molar-refractivity contribution >= 4 is 16.8 Å². The summed E-state index contributed by atoms with van der Waals surface area (Å²) in [6.07, 6.45) is 2.69. The Kier molecular flexibility index (Phi) is 4.79. The molecule has 3 aromatic rings. The third-order valence-corrected chi connectivity index (χ3v) is 4.18. The Morgan fingerprint density at radius 2 is 2.08 bits per heavy atom. The lowest BCUT2D eigenvalue weighted by Gasteiger charge is -2.16. The molecule has 1 unspecified atom stereocenters. The average Bonchev–Trinajstić information content (AvgIpc) is 3.03. The van der Waals surface area contributed by atoms with Gasteiger partial charge in [-0.15, -0.1) is 10.2 Å². The maximum Gasteiger partial charge on any atom is 0.252 e. The van der Waals surface area contributed by atoms with Crippen LogP contribution in [0.5, 0.6) is 0 Å². The first kappa shape index (κ1) is 17.1. The van der Waals surface area contributed by atoms with Gasteiger partial charge in [0.25, 0.3) is 5.91 Å². The van der Waals surface area contributed by atoms with Crippen LogP contribution in [0.1, 0.15) is 53.7 Å². The van der Waals surface area contributed by atoms with Gasteiger partial charge in [-0.2, -0.15) is 0 Å². The predicted molar refractivity (Wildman–Crippen MR) is 97.4 cm³/mol. The highest BCUT2D eigenvalue weighted by atomic mass is 16.1. The van der Waals surface area contributed by atoms with E-state index in [9.17, 15) is 4.79 Å². The standard InChI is InChI=1S/C19H23N5O/c1-5-8-24-11-20-23-18(24)14(4)22-19(25)16-10-13(3)21-17-7-6-12(2)9-15(16)17/h6-7,9-11,14H,5,8H2,1-4H3,(H,22,25). The lowest BCUT2D eigenvalue weighted by Crippen LogP contribution is -2.29. The lowest BCUT2D eigenvalue weighted by molar-refractivity contribution is 0.0939. The van der Waals surface area contributed by atoms with Crippen LogP contribution in [-0.2, 0) is 6.54 Å². The molecule has 130 valence electrons. The van der Waals surface area contributed by atoms with Crippen molar-refractivity contribution in [3.63, 3.8) is 0 Å². The van der Waals surface area contributed by atoms with E-state index in [4.69, 9.17) is 0 Å². The molecule has 0 fully saturated rings. The van der Waals surface area contributed by atoms with Crippen LogP contribution in [-0.4, -0.2) is 25.7 Å². The molecule has 0 spiro atoms. The number of amides is 1. The first-order chi connectivity index (χ1) is 12.0. The number of fused-ring (bicyclic) bond motifs is 1. The summed E-state index contributed by atoms with van der Waals surface area (Å²) in [6, 6.07) is 7.57. The Balaban J connectivity index is 1.92. The molecule has 0 saturated carbocycles. The largest absolute Gasteiger partial charge is 0.342 e. The number of hydrogen-bond donors (Lipinski definition) is 1. The van der Waals surface area contributed by atoms with Crippen LogP contribution in [0.2, 0.25) is 0 Å². The third-order valence-electron chi connectivity index (χ3n) is 4.18. The monoisotopic (exact) mass is 337 g/mol. The second-order valence-corrected chi connectivity index (χ2v) is 6.41. The number of aryl methyl sites for hydroxylation is 3. The van der Waals surface area contributed by atoms with E-state index in [0.29, 0.717) is 5.56 Å². The van der Waals surface area contributed by atoms with Gasteiger partial charge < -0.3 is 9.88 Å². The molecule has 1 amide bonds. The van der Waals surface area contributed by atoms with E-state index >= 15 is 0 Å². The van der Waals surface area contributed by atoms with E-state index < -0.39 is 0 Å². The predicted octanol–water partition coefficient (Wildman–Crippen LogP) is 3.34. The molecule has 6 heteroatoms. The Bertz CT molecular complexity index is 915. The number of nitrogens with one attached hydrogen (secondary N) is 1. The summed E-state index contributed by atoms with van der Waals surface area (Å²) in [4.78, 5) is 17.4. The SMILES string of the molecule is CCCn1cnnc1C(C)NC(=O)c1cc(C)nc2ccc(C)cc12. The highest BCUT2D eigenvalue weighted by molar-refractivity contribution is 6.06. The normalized spacial score (nSPS) is 12.3. The summed E-state index contributed by atoms with van der Waals surface area (Å²) in [5.41, 5.74) is 3.39. The highest BCUT2D eigenvalue weighted by Gasteiger charge is 2.18. The first-order valence-electron chi connectivity index (χ1n) is 8.56. The van der Waals surface area contributed by atoms with E-state index in [1.165, 1.54) is 0 Å². The van der Waals surface area contributed by atoms with E-state index in [-0.39, 0.29) is 11.9 Å². The van der Waals surface area contributed by atoms with Crippen molar-refractivity contribution in [3.8, 4) is 0 Å². The molecular formula is C19H23N5O. The second-order valence-electron chi connectivity index (χ2n) is 6.41. The van der Waals surface area contributed by atoms with Gasteiger partial charge in [0.1, 0.15) is 6.33 Å². The summed E-state index contributed by atoms with van der Waals surface area (Å²) < 4.78 is 1.98. The molecule has 1 atom stereocenters. The Labute approximate surface area is 147 Å². The molecule has 2 aromatic heterocycles. The number of carbonyl (C=O) groups excluding carboxylic acids is 1. The van der Waals surface area contributed by atoms with Crippen LogP contribution in [0.15, 0.2) is 30.6 Å². The number of aromatic nitrogens is 4. The van der Waals surface area contributed by atoms with Gasteiger partial charge in [0.05, 0.1) is 17.1 Å². The Morgan fingerprint density at radius 1 is 1.28 bits per heavy atom. The summed E-state index contributed by atoms with van der Waals surface area (Å²) >= 11 is 0. The van der Waals surface area contributed by atoms with Crippen molar-refractivity contribution in [3.05, 3.63) is 53.2 Å². The van der Waals surface area contributed by atoms with E-state index in [0.717, 1.165) is 41.0 Å². The van der Waals surface area contributed by atoms with Crippen molar-refractivity contribution in [2.45, 2.75) is 46.7 Å². The van der Waals surface area contributed by atoms with Crippen molar-refractivity contribution in [1.29, 1.82) is 0 Å². The second kappa shape index (κ2) is 7.01. The van der Waals surface area contributed by atoms with Crippen LogP contribution in [0, 0.1) is 13.8 Å². The van der Waals surface area contributed by atoms with E-state index in [2.05, 4.69) is 27.4 Å². The van der Waals surface area contributed by atoms with E-state index in [1.807, 2.05) is 49.6 Å². The summed E-state index contributed by atoms with van der Waals surface area (Å²) in [5, 5.41) is 12.0. The minimum atomic E-state index is -0.227. The summed E-state index contributed by atoms with van der Waals surface area (Å²) in [6.45, 7) is 8.77. The van der Waals surface area contributed by atoms with Gasteiger partial charge in [0.2, 0.25) is 0 Å². The van der Waals surface area contributed by atoms with Crippen LogP contribution in [0.3, 0.4) is 0 Å². The maximum absolute atomic E-state index is 12.9. The fourth-order valence-electron chi connectivity index (χ4n) is 3.01. The molecule has 0 saturated heterocycles. The van der Waals surface area contributed by atoms with Gasteiger partial charge in [-0.1, -0.05) is 18.6 Å². The smallest absolute Gasteiger partial charge is 0.252 e. The quantitative estimate of drug-likeness (QED) is 0.775. The molecule has 1 aromatic carbocycles. The lowest BCUT2D eigenvalue weighted by atomic mass is 10.0. The molecule has 2 heterocycles. The van der Waals surface area contributed by atoms with Crippen molar-refractivity contribution < 1.29 is 4.79 Å². The zero-order valence-electron chi connectivity index (χ0n) is 15.1. The number of nitrogens with zero attached hydrogens (tertiary/aromatic N) is 4. The van der Waals surface area contributed by atoms with Crippen molar-refractivity contribution in [2.75, 3.05) is 0 Å². The fraction of sp³-hybridized carbons (Fsp3) is 0.368. The van der Waals surface area contributed by atoms with E-state index in [1.54, 1.807) is 6.33 Å². The molecule has 0 radical (unpaired) electrons. The first-order valence-corrected chi connectivity index (χ1v) is 8.56. The zero-order valence-corrected chi connectivity index (χ0v) is 15.1. The van der Waals surface area contributed by atoms with Crippen LogP contribution in [0.25, 0.3) is 10.9 Å². The number of carbonyl (C=O) groups is 1. The fourth-order valence-corrected chi connectivity index (χ4v) is 3.01. The molecule has 0 aliphatic rings. The average molecular weight is 337 g/mol. The highest BCUT2D eigenvalue weighted by Crippen LogP contribution is 2.21. The molecule has 6 nitrogen and oxygen atoms in total. The van der Waals surface area contributed by atoms with Gasteiger partial charge in [-0.05, 0) is 45.4 Å². The van der Waals surface area contributed by atoms with Gasteiger partial charge in [0.15, 0.2) is 5.82 Å². The molecule has 0 aliphatic heterocycles. The van der Waals surface area contributed by atoms with Gasteiger partial charge in [0, 0.05) is 17.6 Å². The molecular weight excluding hydrogens is 314 g/mol. The maximum atomic E-state index is 12.9. The number of benzene rings is 1. The van der Waals surface area contributed by atoms with Gasteiger partial charge in [-0.3, -0.25) is 9.78 Å². The number of rotatable bonds is 5. The minimum Gasteiger partial charge on any atom is -0.342 e. The molecule has 3 rings (SSSR count). The van der Waals surface area contributed by atoms with Crippen LogP contribution < -0.4 is 5.32 Å². The van der Waals surface area contributed by atoms with Crippen molar-refractivity contribution in [2.24, 2.45) is 0 Å². The molecule has 1 N–H and O–H groups in total. The Morgan fingerprint density at radius 3 is 2.84 bits per heavy atom. The van der Waals surface area contributed by atoms with Crippen molar-refractivity contribution in [1.82, 2.24) is 25.1 Å². The Hall–Kier alpha value is -2.76. The van der Waals surface area contributed by atoms with Crippen LogP contribution >= 0.6 is 0 Å². The topological polar surface area (TPSA) is 72.7 Å². The number of pyridine rings is 1. The molecule has 25 heavy (non-hydrogen) atoms.